The topological polar surface area (TPSA) is 53.4 Å². The number of likely N-dealkylation sites (tertiary alicyclic amines) is 1. The van der Waals surface area contributed by atoms with Crippen LogP contribution in [0.2, 0.25) is 0 Å². The van der Waals surface area contributed by atoms with Crippen molar-refractivity contribution < 1.29 is 0 Å². The lowest BCUT2D eigenvalue weighted by Gasteiger charge is -2.45. The summed E-state index contributed by atoms with van der Waals surface area (Å²) < 4.78 is 1.53. The first-order valence-electron chi connectivity index (χ1n) is 8.98. The van der Waals surface area contributed by atoms with Crippen LogP contribution in [0.15, 0.2) is 16.9 Å². The fraction of sp³-hybridized carbons (Fsp3) is 0.667. The monoisotopic (exact) mass is 312 g/mol. The van der Waals surface area contributed by atoms with Crippen molar-refractivity contribution in [3.8, 4) is 0 Å². The number of hydrogen-bond donors (Lipinski definition) is 1. The Morgan fingerprint density at radius 3 is 2.43 bits per heavy atom. The molecule has 1 N–H and O–H groups in total. The Morgan fingerprint density at radius 2 is 1.78 bits per heavy atom. The van der Waals surface area contributed by atoms with E-state index in [2.05, 4.69) is 15.0 Å². The first-order valence-corrected chi connectivity index (χ1v) is 8.98. The molecular weight excluding hydrogens is 288 g/mol. The number of aromatic amines is 1. The van der Waals surface area contributed by atoms with E-state index < -0.39 is 0 Å². The van der Waals surface area contributed by atoms with E-state index in [0.29, 0.717) is 0 Å². The summed E-state index contributed by atoms with van der Waals surface area (Å²) >= 11 is 0. The smallest absolute Gasteiger partial charge is 0.272 e. The fourth-order valence-corrected chi connectivity index (χ4v) is 5.54. The molecule has 2 atom stereocenters. The molecule has 1 aliphatic heterocycles. The number of aryl methyl sites for hydroxylation is 1. The van der Waals surface area contributed by atoms with Crippen LogP contribution in [0.5, 0.6) is 0 Å². The van der Waals surface area contributed by atoms with E-state index in [4.69, 9.17) is 0 Å². The number of rotatable bonds is 2. The maximum absolute atomic E-state index is 12.2. The van der Waals surface area contributed by atoms with Crippen LogP contribution in [-0.4, -0.2) is 32.6 Å². The minimum Gasteiger partial charge on any atom is -0.297 e. The molecule has 3 aliphatic carbocycles. The van der Waals surface area contributed by atoms with Crippen LogP contribution in [0.1, 0.15) is 37.1 Å². The Bertz CT molecular complexity index is 779. The molecule has 3 saturated carbocycles. The molecule has 0 aromatic carbocycles. The van der Waals surface area contributed by atoms with Gasteiger partial charge in [0, 0.05) is 37.5 Å². The van der Waals surface area contributed by atoms with Gasteiger partial charge in [-0.3, -0.25) is 14.8 Å². The Balaban J connectivity index is 1.39. The molecule has 6 rings (SSSR count). The van der Waals surface area contributed by atoms with Crippen molar-refractivity contribution in [2.75, 3.05) is 13.1 Å². The molecule has 5 heteroatoms. The highest BCUT2D eigenvalue weighted by atomic mass is 16.1. The largest absolute Gasteiger partial charge is 0.297 e. The zero-order valence-corrected chi connectivity index (χ0v) is 13.7. The highest BCUT2D eigenvalue weighted by Crippen LogP contribution is 2.51. The molecule has 2 bridgehead atoms. The second kappa shape index (κ2) is 4.94. The van der Waals surface area contributed by atoms with Gasteiger partial charge in [0.25, 0.3) is 5.56 Å². The maximum atomic E-state index is 12.2. The van der Waals surface area contributed by atoms with Gasteiger partial charge < -0.3 is 0 Å². The molecule has 2 unspecified atom stereocenters. The third-order valence-electron chi connectivity index (χ3n) is 6.53. The number of fused-ring (bicyclic) bond motifs is 3. The lowest BCUT2D eigenvalue weighted by atomic mass is 9.60. The van der Waals surface area contributed by atoms with Crippen LogP contribution in [0.25, 0.3) is 5.65 Å². The lowest BCUT2D eigenvalue weighted by molar-refractivity contribution is 0.0577. The van der Waals surface area contributed by atoms with E-state index in [1.807, 2.05) is 13.0 Å². The van der Waals surface area contributed by atoms with Crippen LogP contribution < -0.4 is 5.56 Å². The second-order valence-corrected chi connectivity index (χ2v) is 7.92. The molecule has 0 radical (unpaired) electrons. The van der Waals surface area contributed by atoms with Gasteiger partial charge in [0.05, 0.1) is 5.69 Å². The Morgan fingerprint density at radius 1 is 1.13 bits per heavy atom. The summed E-state index contributed by atoms with van der Waals surface area (Å²) in [6.07, 6.45) is 5.81. The second-order valence-electron chi connectivity index (χ2n) is 7.92. The highest BCUT2D eigenvalue weighted by molar-refractivity contribution is 5.39. The Labute approximate surface area is 135 Å². The van der Waals surface area contributed by atoms with Gasteiger partial charge in [-0.2, -0.15) is 0 Å². The molecule has 5 nitrogen and oxygen atoms in total. The first kappa shape index (κ1) is 13.8. The van der Waals surface area contributed by atoms with Gasteiger partial charge in [-0.05, 0) is 56.3 Å². The molecule has 1 saturated heterocycles. The summed E-state index contributed by atoms with van der Waals surface area (Å²) in [6.45, 7) is 5.19. The molecule has 0 spiro atoms. The van der Waals surface area contributed by atoms with Crippen LogP contribution in [0.3, 0.4) is 0 Å². The minimum atomic E-state index is -0.00483. The molecule has 2 aromatic rings. The van der Waals surface area contributed by atoms with Gasteiger partial charge in [0.1, 0.15) is 0 Å². The van der Waals surface area contributed by atoms with Crippen LogP contribution in [0.4, 0.5) is 0 Å². The predicted molar refractivity (Wildman–Crippen MR) is 88.3 cm³/mol. The van der Waals surface area contributed by atoms with Gasteiger partial charge in [-0.25, -0.2) is 9.50 Å². The third-order valence-corrected chi connectivity index (χ3v) is 6.53. The zero-order chi connectivity index (χ0) is 15.6. The molecule has 4 aliphatic rings. The van der Waals surface area contributed by atoms with Crippen molar-refractivity contribution in [1.82, 2.24) is 19.5 Å². The molecule has 4 fully saturated rings. The van der Waals surface area contributed by atoms with Gasteiger partial charge in [-0.15, -0.1) is 0 Å². The van der Waals surface area contributed by atoms with Crippen molar-refractivity contribution in [3.63, 3.8) is 0 Å². The summed E-state index contributed by atoms with van der Waals surface area (Å²) in [5, 5.41) is 3.04. The van der Waals surface area contributed by atoms with Crippen molar-refractivity contribution >= 4 is 5.65 Å². The number of nitrogens with zero attached hydrogens (tertiary/aromatic N) is 3. The molecule has 2 aromatic heterocycles. The first-order chi connectivity index (χ1) is 11.2. The highest BCUT2D eigenvalue weighted by Gasteiger charge is 2.47. The maximum Gasteiger partial charge on any atom is 0.272 e. The molecule has 0 amide bonds. The van der Waals surface area contributed by atoms with Gasteiger partial charge in [0.15, 0.2) is 5.65 Å². The average Bonchev–Trinajstić information content (AvgIpc) is 3.12. The van der Waals surface area contributed by atoms with E-state index in [1.165, 1.54) is 43.3 Å². The van der Waals surface area contributed by atoms with Crippen molar-refractivity contribution in [3.05, 3.63) is 33.9 Å². The van der Waals surface area contributed by atoms with E-state index in [9.17, 15) is 4.79 Å². The average molecular weight is 312 g/mol. The molecule has 23 heavy (non-hydrogen) atoms. The van der Waals surface area contributed by atoms with Crippen LogP contribution >= 0.6 is 0 Å². The number of hydrogen-bond acceptors (Lipinski definition) is 3. The van der Waals surface area contributed by atoms with E-state index in [1.54, 1.807) is 6.07 Å². The summed E-state index contributed by atoms with van der Waals surface area (Å²) in [7, 11) is 0. The number of nitrogens with one attached hydrogen (secondary N) is 1. The quantitative estimate of drug-likeness (QED) is 0.925. The lowest BCUT2D eigenvalue weighted by Crippen LogP contribution is -2.38. The van der Waals surface area contributed by atoms with Gasteiger partial charge in [0.2, 0.25) is 0 Å². The molecular formula is C18H24N4O. The van der Waals surface area contributed by atoms with Gasteiger partial charge >= 0.3 is 0 Å². The molecule has 3 heterocycles. The van der Waals surface area contributed by atoms with Crippen molar-refractivity contribution in [2.24, 2.45) is 23.7 Å². The summed E-state index contributed by atoms with van der Waals surface area (Å²) in [6, 6.07) is 3.63. The SMILES string of the molecule is Cc1cc2nc(CN3CC4C5CCC(CC5)C4C3)cc(=O)n2[nH]1. The summed E-state index contributed by atoms with van der Waals surface area (Å²) in [5.74, 6) is 3.73. The van der Waals surface area contributed by atoms with Crippen LogP contribution in [0, 0.1) is 30.6 Å². The Kier molecular flexibility index (Phi) is 2.96. The van der Waals surface area contributed by atoms with Crippen LogP contribution in [-0.2, 0) is 6.54 Å². The van der Waals surface area contributed by atoms with E-state index in [0.717, 1.165) is 47.3 Å². The zero-order valence-electron chi connectivity index (χ0n) is 13.7. The number of H-pyrrole nitrogens is 1. The predicted octanol–water partition coefficient (Wildman–Crippen LogP) is 2.20. The van der Waals surface area contributed by atoms with Crippen molar-refractivity contribution in [2.45, 2.75) is 39.2 Å². The third kappa shape index (κ3) is 2.17. The van der Waals surface area contributed by atoms with Crippen molar-refractivity contribution in [1.29, 1.82) is 0 Å². The standard InChI is InChI=1S/C18H24N4O/c1-11-6-17-19-14(7-18(23)22(17)20-11)8-21-9-15-12-2-3-13(5-4-12)16(15)10-21/h6-7,12-13,15-16,20H,2-5,8-10H2,1H3. The summed E-state index contributed by atoms with van der Waals surface area (Å²) in [5.41, 5.74) is 2.62. The number of aromatic nitrogens is 3. The summed E-state index contributed by atoms with van der Waals surface area (Å²) in [4.78, 5) is 19.5. The Hall–Kier alpha value is -1.62. The van der Waals surface area contributed by atoms with Gasteiger partial charge in [-0.1, -0.05) is 0 Å². The normalized spacial score (nSPS) is 33.4. The van der Waals surface area contributed by atoms with E-state index >= 15 is 0 Å². The minimum absolute atomic E-state index is 0.00483. The fourth-order valence-electron chi connectivity index (χ4n) is 5.54. The molecule has 122 valence electrons. The van der Waals surface area contributed by atoms with E-state index in [-0.39, 0.29) is 5.56 Å².